The molecule has 3 aromatic rings. The van der Waals surface area contributed by atoms with Crippen LogP contribution in [0.2, 0.25) is 0 Å². The van der Waals surface area contributed by atoms with E-state index in [9.17, 15) is 23.1 Å². The van der Waals surface area contributed by atoms with Crippen molar-refractivity contribution < 1.29 is 27.8 Å². The Bertz CT molecular complexity index is 1350. The Morgan fingerprint density at radius 2 is 1.75 bits per heavy atom. The van der Waals surface area contributed by atoms with Crippen molar-refractivity contribution in [3.05, 3.63) is 63.4 Å². The van der Waals surface area contributed by atoms with E-state index in [2.05, 4.69) is 5.10 Å². The minimum absolute atomic E-state index is 0.102. The van der Waals surface area contributed by atoms with Crippen LogP contribution in [-0.4, -0.2) is 48.3 Å². The molecule has 2 aromatic carbocycles. The molecule has 1 saturated heterocycles. The summed E-state index contributed by atoms with van der Waals surface area (Å²) in [6.45, 7) is 0.507. The van der Waals surface area contributed by atoms with Gasteiger partial charge in [-0.15, -0.1) is 0 Å². The molecule has 2 aliphatic rings. The van der Waals surface area contributed by atoms with Crippen molar-refractivity contribution in [3.63, 3.8) is 0 Å². The molecule has 0 spiro atoms. The van der Waals surface area contributed by atoms with Crippen molar-refractivity contribution in [1.82, 2.24) is 9.78 Å². The summed E-state index contributed by atoms with van der Waals surface area (Å²) in [5.74, 6) is 1.00. The molecule has 190 valence electrons. The van der Waals surface area contributed by atoms with E-state index in [0.29, 0.717) is 59.8 Å². The zero-order chi connectivity index (χ0) is 25.6. The molecule has 0 amide bonds. The number of aliphatic hydroxyl groups is 1. The standard InChI is InChI=1S/C26H26F3N3O4/c1-35-18-10-15(11-19(13-18)36-2)24-20-4-3-5-21(20)25(34)32(30-24)23-12-16(31-9-8-17(31)14-33)6-7-22(23)26(27,28)29/h6-7,10-13,17,33H,3-5,8-9,14H2,1-2H3. The highest BCUT2D eigenvalue weighted by Gasteiger charge is 2.37. The zero-order valence-corrected chi connectivity index (χ0v) is 19.9. The lowest BCUT2D eigenvalue weighted by molar-refractivity contribution is -0.137. The maximum absolute atomic E-state index is 14.1. The lowest BCUT2D eigenvalue weighted by Crippen LogP contribution is -2.50. The summed E-state index contributed by atoms with van der Waals surface area (Å²) in [4.78, 5) is 15.3. The molecule has 0 bridgehead atoms. The molecular weight excluding hydrogens is 475 g/mol. The van der Waals surface area contributed by atoms with E-state index in [0.717, 1.165) is 22.7 Å². The fraction of sp³-hybridized carbons (Fsp3) is 0.385. The molecule has 1 aliphatic heterocycles. The Balaban J connectivity index is 1.75. The smallest absolute Gasteiger partial charge is 0.418 e. The van der Waals surface area contributed by atoms with Crippen molar-refractivity contribution in [1.29, 1.82) is 0 Å². The van der Waals surface area contributed by atoms with Crippen LogP contribution in [0.3, 0.4) is 0 Å². The number of benzene rings is 2. The first kappa shape index (κ1) is 24.2. The summed E-state index contributed by atoms with van der Waals surface area (Å²) in [6.07, 6.45) is -2.18. The van der Waals surface area contributed by atoms with Crippen molar-refractivity contribution in [2.45, 2.75) is 37.9 Å². The van der Waals surface area contributed by atoms with Crippen molar-refractivity contribution in [3.8, 4) is 28.4 Å². The lowest BCUT2D eigenvalue weighted by atomic mass is 10.0. The van der Waals surface area contributed by atoms with Crippen LogP contribution in [0.4, 0.5) is 18.9 Å². The third-order valence-corrected chi connectivity index (χ3v) is 6.98. The van der Waals surface area contributed by atoms with E-state index in [-0.39, 0.29) is 18.3 Å². The third kappa shape index (κ3) is 4.09. The van der Waals surface area contributed by atoms with Gasteiger partial charge in [-0.3, -0.25) is 4.79 Å². The first-order valence-corrected chi connectivity index (χ1v) is 11.7. The average molecular weight is 502 g/mol. The van der Waals surface area contributed by atoms with Gasteiger partial charge in [0.25, 0.3) is 5.56 Å². The molecule has 1 unspecified atom stereocenters. The average Bonchev–Trinajstić information content (AvgIpc) is 3.33. The van der Waals surface area contributed by atoms with Crippen LogP contribution < -0.4 is 19.9 Å². The second kappa shape index (κ2) is 9.16. The van der Waals surface area contributed by atoms with E-state index < -0.39 is 17.3 Å². The summed E-state index contributed by atoms with van der Waals surface area (Å²) in [5, 5.41) is 14.1. The Kier molecular flexibility index (Phi) is 6.15. The van der Waals surface area contributed by atoms with Crippen LogP contribution in [0.15, 0.2) is 41.2 Å². The summed E-state index contributed by atoms with van der Waals surface area (Å²) < 4.78 is 53.9. The van der Waals surface area contributed by atoms with Gasteiger partial charge in [-0.2, -0.15) is 23.0 Å². The van der Waals surface area contributed by atoms with Gasteiger partial charge in [-0.1, -0.05) is 0 Å². The van der Waals surface area contributed by atoms with Crippen molar-refractivity contribution in [2.24, 2.45) is 0 Å². The summed E-state index contributed by atoms with van der Waals surface area (Å²) >= 11 is 0. The quantitative estimate of drug-likeness (QED) is 0.551. The van der Waals surface area contributed by atoms with Crippen LogP contribution in [0.25, 0.3) is 16.9 Å². The number of alkyl halides is 3. The maximum atomic E-state index is 14.1. The monoisotopic (exact) mass is 501 g/mol. The Hall–Kier alpha value is -3.53. The van der Waals surface area contributed by atoms with E-state index >= 15 is 0 Å². The number of ether oxygens (including phenoxy) is 2. The topological polar surface area (TPSA) is 76.8 Å². The van der Waals surface area contributed by atoms with Crippen LogP contribution in [-0.2, 0) is 19.0 Å². The molecule has 1 aromatic heterocycles. The molecule has 2 heterocycles. The van der Waals surface area contributed by atoms with E-state index in [1.54, 1.807) is 18.2 Å². The highest BCUT2D eigenvalue weighted by Crippen LogP contribution is 2.39. The molecule has 1 atom stereocenters. The van der Waals surface area contributed by atoms with Crippen molar-refractivity contribution in [2.75, 3.05) is 32.3 Å². The predicted molar refractivity (Wildman–Crippen MR) is 128 cm³/mol. The summed E-state index contributed by atoms with van der Waals surface area (Å²) in [6, 6.07) is 8.68. The highest BCUT2D eigenvalue weighted by molar-refractivity contribution is 5.69. The van der Waals surface area contributed by atoms with E-state index in [1.807, 2.05) is 4.90 Å². The van der Waals surface area contributed by atoms with E-state index in [1.165, 1.54) is 26.4 Å². The predicted octanol–water partition coefficient (Wildman–Crippen LogP) is 4.00. The van der Waals surface area contributed by atoms with Gasteiger partial charge in [-0.25, -0.2) is 0 Å². The van der Waals surface area contributed by atoms with Gasteiger partial charge >= 0.3 is 6.18 Å². The Morgan fingerprint density at radius 3 is 2.33 bits per heavy atom. The first-order valence-electron chi connectivity index (χ1n) is 11.7. The number of hydrogen-bond acceptors (Lipinski definition) is 6. The normalized spacial score (nSPS) is 17.1. The number of methoxy groups -OCH3 is 2. The first-order chi connectivity index (χ1) is 17.2. The molecule has 1 fully saturated rings. The van der Waals surface area contributed by atoms with Crippen LogP contribution in [0.1, 0.15) is 29.5 Å². The number of aliphatic hydroxyl groups excluding tert-OH is 1. The molecule has 36 heavy (non-hydrogen) atoms. The van der Waals surface area contributed by atoms with Crippen LogP contribution >= 0.6 is 0 Å². The second-order valence-corrected chi connectivity index (χ2v) is 9.00. The minimum atomic E-state index is -4.70. The molecule has 1 N–H and O–H groups in total. The number of rotatable bonds is 6. The molecule has 1 aliphatic carbocycles. The number of halogens is 3. The number of aromatic nitrogens is 2. The zero-order valence-electron chi connectivity index (χ0n) is 19.9. The van der Waals surface area contributed by atoms with Crippen molar-refractivity contribution >= 4 is 5.69 Å². The fourth-order valence-electron chi connectivity index (χ4n) is 5.00. The van der Waals surface area contributed by atoms with Gasteiger partial charge in [0.15, 0.2) is 0 Å². The third-order valence-electron chi connectivity index (χ3n) is 6.98. The molecule has 0 radical (unpaired) electrons. The molecular formula is C26H26F3N3O4. The van der Waals surface area contributed by atoms with Gasteiger partial charge in [0.05, 0.1) is 43.8 Å². The molecule has 5 rings (SSSR count). The van der Waals surface area contributed by atoms with Gasteiger partial charge in [-0.05, 0) is 61.6 Å². The maximum Gasteiger partial charge on any atom is 0.418 e. The number of anilines is 1. The SMILES string of the molecule is COc1cc(OC)cc(-c2nn(-c3cc(N4CCC4CO)ccc3C(F)(F)F)c(=O)c3c2CCC3)c1. The summed E-state index contributed by atoms with van der Waals surface area (Å²) in [5.41, 5.74) is 0.888. The lowest BCUT2D eigenvalue weighted by Gasteiger charge is -2.42. The molecule has 7 nitrogen and oxygen atoms in total. The van der Waals surface area contributed by atoms with E-state index in [4.69, 9.17) is 9.47 Å². The summed E-state index contributed by atoms with van der Waals surface area (Å²) in [7, 11) is 3.02. The Morgan fingerprint density at radius 1 is 1.06 bits per heavy atom. The largest absolute Gasteiger partial charge is 0.497 e. The molecule has 10 heteroatoms. The second-order valence-electron chi connectivity index (χ2n) is 9.00. The van der Waals surface area contributed by atoms with Gasteiger partial charge in [0, 0.05) is 29.4 Å². The number of fused-ring (bicyclic) bond motifs is 1. The van der Waals surface area contributed by atoms with Gasteiger partial charge in [0.2, 0.25) is 0 Å². The minimum Gasteiger partial charge on any atom is -0.497 e. The number of nitrogens with zero attached hydrogens (tertiary/aromatic N) is 3. The Labute approximate surface area is 205 Å². The van der Waals surface area contributed by atoms with Gasteiger partial charge in [0.1, 0.15) is 11.5 Å². The highest BCUT2D eigenvalue weighted by atomic mass is 19.4. The van der Waals surface area contributed by atoms with Crippen LogP contribution in [0, 0.1) is 0 Å². The fourth-order valence-corrected chi connectivity index (χ4v) is 5.00. The van der Waals surface area contributed by atoms with Gasteiger partial charge < -0.3 is 19.5 Å². The molecule has 0 saturated carbocycles. The van der Waals surface area contributed by atoms with Crippen LogP contribution in [0.5, 0.6) is 11.5 Å². The number of hydrogen-bond donors (Lipinski definition) is 1.